The Morgan fingerprint density at radius 1 is 1.26 bits per heavy atom. The van der Waals surface area contributed by atoms with Crippen LogP contribution in [-0.4, -0.2) is 36.9 Å². The summed E-state index contributed by atoms with van der Waals surface area (Å²) in [5.74, 6) is 0.975. The lowest BCUT2D eigenvalue weighted by Crippen LogP contribution is -2.42. The van der Waals surface area contributed by atoms with Crippen molar-refractivity contribution in [2.24, 2.45) is 5.92 Å². The fraction of sp³-hybridized carbons (Fsp3) is 0.556. The van der Waals surface area contributed by atoms with Gasteiger partial charge >= 0.3 is 0 Å². The number of methoxy groups -OCH3 is 1. The zero-order valence-corrected chi connectivity index (χ0v) is 14.4. The largest absolute Gasteiger partial charge is 0.496 e. The summed E-state index contributed by atoms with van der Waals surface area (Å²) in [6.45, 7) is 7.43. The molecule has 0 radical (unpaired) electrons. The second-order valence-corrected chi connectivity index (χ2v) is 6.27. The van der Waals surface area contributed by atoms with Crippen molar-refractivity contribution in [2.45, 2.75) is 40.2 Å². The molecule has 0 atom stereocenters. The number of carbonyl (C=O) groups is 2. The Labute approximate surface area is 138 Å². The molecule has 1 N–H and O–H groups in total. The number of benzene rings is 1. The number of amides is 2. The van der Waals surface area contributed by atoms with Crippen molar-refractivity contribution in [2.75, 3.05) is 20.2 Å². The first-order valence-electron chi connectivity index (χ1n) is 8.09. The summed E-state index contributed by atoms with van der Waals surface area (Å²) >= 11 is 0. The number of piperidine rings is 1. The van der Waals surface area contributed by atoms with Gasteiger partial charge in [-0.05, 0) is 32.3 Å². The average Bonchev–Trinajstić information content (AvgIpc) is 2.52. The summed E-state index contributed by atoms with van der Waals surface area (Å²) in [4.78, 5) is 25.5. The van der Waals surface area contributed by atoms with E-state index in [1.54, 1.807) is 18.9 Å². The van der Waals surface area contributed by atoms with Gasteiger partial charge in [-0.25, -0.2) is 0 Å². The number of carbonyl (C=O) groups excluding carboxylic acids is 2. The molecule has 5 nitrogen and oxygen atoms in total. The van der Waals surface area contributed by atoms with Crippen LogP contribution in [0.3, 0.4) is 0 Å². The number of nitrogens with one attached hydrogen (secondary N) is 1. The first-order chi connectivity index (χ1) is 10.9. The molecule has 0 aromatic heterocycles. The lowest BCUT2D eigenvalue weighted by atomic mass is 9.95. The maximum atomic E-state index is 12.4. The minimum atomic E-state index is -0.0116. The van der Waals surface area contributed by atoms with E-state index in [2.05, 4.69) is 11.4 Å². The highest BCUT2D eigenvalue weighted by molar-refractivity contribution is 5.79. The zero-order chi connectivity index (χ0) is 17.0. The minimum Gasteiger partial charge on any atom is -0.496 e. The molecular weight excluding hydrogens is 292 g/mol. The molecule has 2 rings (SSSR count). The fourth-order valence-electron chi connectivity index (χ4n) is 3.25. The molecule has 2 amide bonds. The Hall–Kier alpha value is -2.04. The van der Waals surface area contributed by atoms with E-state index in [1.807, 2.05) is 19.9 Å². The molecule has 5 heteroatoms. The van der Waals surface area contributed by atoms with E-state index in [-0.39, 0.29) is 17.7 Å². The van der Waals surface area contributed by atoms with Crippen LogP contribution in [0.5, 0.6) is 5.75 Å². The van der Waals surface area contributed by atoms with Crippen LogP contribution in [0, 0.1) is 19.8 Å². The van der Waals surface area contributed by atoms with Gasteiger partial charge in [0.2, 0.25) is 11.8 Å². The van der Waals surface area contributed by atoms with Gasteiger partial charge in [0.25, 0.3) is 0 Å². The van der Waals surface area contributed by atoms with Crippen LogP contribution in [0.4, 0.5) is 0 Å². The molecule has 1 heterocycles. The summed E-state index contributed by atoms with van der Waals surface area (Å²) in [5.41, 5.74) is 3.23. The van der Waals surface area contributed by atoms with Crippen molar-refractivity contribution >= 4 is 11.8 Å². The Balaban J connectivity index is 1.94. The number of hydrogen-bond donors (Lipinski definition) is 1. The molecule has 0 bridgehead atoms. The summed E-state index contributed by atoms with van der Waals surface area (Å²) in [7, 11) is 1.65. The highest BCUT2D eigenvalue weighted by Crippen LogP contribution is 2.25. The summed E-state index contributed by atoms with van der Waals surface area (Å²) < 4.78 is 5.45. The van der Waals surface area contributed by atoms with E-state index < -0.39 is 0 Å². The lowest BCUT2D eigenvalue weighted by molar-refractivity contribution is -0.134. The standard InChI is InChI=1S/C18H26N2O3/c1-12-9-13(2)17(23-4)16(10-12)11-19-18(22)15-5-7-20(8-6-15)14(3)21/h9-10,15H,5-8,11H2,1-4H3,(H,19,22). The molecule has 0 unspecified atom stereocenters. The van der Waals surface area contributed by atoms with Gasteiger partial charge in [-0.15, -0.1) is 0 Å². The molecule has 0 saturated carbocycles. The molecule has 23 heavy (non-hydrogen) atoms. The topological polar surface area (TPSA) is 58.6 Å². The van der Waals surface area contributed by atoms with E-state index in [1.165, 1.54) is 0 Å². The second-order valence-electron chi connectivity index (χ2n) is 6.27. The zero-order valence-electron chi connectivity index (χ0n) is 14.4. The van der Waals surface area contributed by atoms with Crippen molar-refractivity contribution in [3.8, 4) is 5.75 Å². The second kappa shape index (κ2) is 7.49. The third-order valence-electron chi connectivity index (χ3n) is 4.46. The molecule has 1 fully saturated rings. The van der Waals surface area contributed by atoms with Crippen LogP contribution >= 0.6 is 0 Å². The normalized spacial score (nSPS) is 15.4. The predicted octanol–water partition coefficient (Wildman–Crippen LogP) is 2.19. The van der Waals surface area contributed by atoms with Crippen molar-refractivity contribution in [1.29, 1.82) is 0 Å². The lowest BCUT2D eigenvalue weighted by Gasteiger charge is -2.30. The Bertz CT molecular complexity index is 590. The van der Waals surface area contributed by atoms with Gasteiger partial charge < -0.3 is 15.0 Å². The van der Waals surface area contributed by atoms with Gasteiger partial charge in [0.05, 0.1) is 7.11 Å². The van der Waals surface area contributed by atoms with Gasteiger partial charge in [-0.3, -0.25) is 9.59 Å². The van der Waals surface area contributed by atoms with Crippen LogP contribution in [0.15, 0.2) is 12.1 Å². The average molecular weight is 318 g/mol. The van der Waals surface area contributed by atoms with Crippen LogP contribution in [0.25, 0.3) is 0 Å². The predicted molar refractivity (Wildman–Crippen MR) is 89.3 cm³/mol. The van der Waals surface area contributed by atoms with Crippen molar-refractivity contribution in [3.05, 3.63) is 28.8 Å². The van der Waals surface area contributed by atoms with E-state index in [0.29, 0.717) is 19.6 Å². The Morgan fingerprint density at radius 2 is 1.91 bits per heavy atom. The van der Waals surface area contributed by atoms with Gasteiger partial charge in [-0.1, -0.05) is 17.7 Å². The highest BCUT2D eigenvalue weighted by Gasteiger charge is 2.25. The number of aryl methyl sites for hydroxylation is 2. The first-order valence-corrected chi connectivity index (χ1v) is 8.09. The highest BCUT2D eigenvalue weighted by atomic mass is 16.5. The van der Waals surface area contributed by atoms with Gasteiger partial charge in [0.1, 0.15) is 5.75 Å². The van der Waals surface area contributed by atoms with Crippen molar-refractivity contribution in [3.63, 3.8) is 0 Å². The number of nitrogens with zero attached hydrogens (tertiary/aromatic N) is 1. The Morgan fingerprint density at radius 3 is 2.48 bits per heavy atom. The molecule has 1 aliphatic rings. The molecule has 126 valence electrons. The molecule has 1 aromatic rings. The van der Waals surface area contributed by atoms with Gasteiger partial charge in [0.15, 0.2) is 0 Å². The molecule has 0 aliphatic carbocycles. The minimum absolute atomic E-state index is 0.0116. The molecule has 1 aliphatic heterocycles. The molecule has 0 spiro atoms. The fourth-order valence-corrected chi connectivity index (χ4v) is 3.25. The smallest absolute Gasteiger partial charge is 0.223 e. The van der Waals surface area contributed by atoms with Gasteiger partial charge in [0, 0.05) is 38.0 Å². The number of ether oxygens (including phenoxy) is 1. The Kier molecular flexibility index (Phi) is 5.64. The molecular formula is C18H26N2O3. The van der Waals surface area contributed by atoms with Gasteiger partial charge in [-0.2, -0.15) is 0 Å². The third-order valence-corrected chi connectivity index (χ3v) is 4.46. The maximum Gasteiger partial charge on any atom is 0.223 e. The number of rotatable bonds is 4. The van der Waals surface area contributed by atoms with Crippen molar-refractivity contribution < 1.29 is 14.3 Å². The molecule has 1 saturated heterocycles. The van der Waals surface area contributed by atoms with E-state index in [0.717, 1.165) is 35.3 Å². The maximum absolute atomic E-state index is 12.4. The van der Waals surface area contributed by atoms with E-state index in [4.69, 9.17) is 4.74 Å². The summed E-state index contributed by atoms with van der Waals surface area (Å²) in [5, 5.41) is 3.02. The van der Waals surface area contributed by atoms with Crippen LogP contribution in [0.1, 0.15) is 36.5 Å². The van der Waals surface area contributed by atoms with E-state index >= 15 is 0 Å². The van der Waals surface area contributed by atoms with E-state index in [9.17, 15) is 9.59 Å². The number of hydrogen-bond acceptors (Lipinski definition) is 3. The van der Waals surface area contributed by atoms with Crippen LogP contribution < -0.4 is 10.1 Å². The molecule has 1 aromatic carbocycles. The quantitative estimate of drug-likeness (QED) is 0.926. The first kappa shape index (κ1) is 17.3. The summed E-state index contributed by atoms with van der Waals surface area (Å²) in [6, 6.07) is 4.12. The van der Waals surface area contributed by atoms with Crippen LogP contribution in [-0.2, 0) is 16.1 Å². The monoisotopic (exact) mass is 318 g/mol. The van der Waals surface area contributed by atoms with Crippen LogP contribution in [0.2, 0.25) is 0 Å². The summed E-state index contributed by atoms with van der Waals surface area (Å²) in [6.07, 6.45) is 1.46. The number of likely N-dealkylation sites (tertiary alicyclic amines) is 1. The van der Waals surface area contributed by atoms with Crippen molar-refractivity contribution in [1.82, 2.24) is 10.2 Å². The third kappa shape index (κ3) is 4.24. The SMILES string of the molecule is COc1c(C)cc(C)cc1CNC(=O)C1CCN(C(C)=O)CC1.